The van der Waals surface area contributed by atoms with Gasteiger partial charge < -0.3 is 15.8 Å². The maximum atomic E-state index is 13.2. The van der Waals surface area contributed by atoms with Crippen LogP contribution in [0.1, 0.15) is 20.3 Å². The number of nitrogens with two attached hydrogens (primary N) is 1. The van der Waals surface area contributed by atoms with Gasteiger partial charge in [0.1, 0.15) is 12.4 Å². The van der Waals surface area contributed by atoms with Crippen molar-refractivity contribution in [1.82, 2.24) is 5.32 Å². The minimum absolute atomic E-state index is 0. The van der Waals surface area contributed by atoms with Gasteiger partial charge in [-0.3, -0.25) is 4.99 Å². The molecule has 0 bridgehead atoms. The number of aliphatic imine (C=N–C) groups is 1. The van der Waals surface area contributed by atoms with E-state index in [1.807, 2.05) is 0 Å². The van der Waals surface area contributed by atoms with E-state index in [4.69, 9.17) is 10.5 Å². The number of guanidine groups is 1. The highest BCUT2D eigenvalue weighted by atomic mass is 127. The summed E-state index contributed by atoms with van der Waals surface area (Å²) in [6.07, 6.45) is 0.972. The molecule has 0 amide bonds. The molecule has 7 heteroatoms. The Labute approximate surface area is 141 Å². The molecule has 0 fully saturated rings. The Balaban J connectivity index is 0.00000400. The van der Waals surface area contributed by atoms with E-state index in [1.54, 1.807) is 0 Å². The topological polar surface area (TPSA) is 59.6 Å². The molecule has 0 saturated carbocycles. The third-order valence-corrected chi connectivity index (χ3v) is 2.55. The summed E-state index contributed by atoms with van der Waals surface area (Å²) in [5.41, 5.74) is 5.65. The summed E-state index contributed by atoms with van der Waals surface area (Å²) in [6, 6.07) is 3.18. The molecule has 0 spiro atoms. The van der Waals surface area contributed by atoms with Crippen molar-refractivity contribution in [1.29, 1.82) is 0 Å². The van der Waals surface area contributed by atoms with E-state index in [0.717, 1.165) is 18.6 Å². The normalized spacial score (nSPS) is 11.2. The zero-order valence-electron chi connectivity index (χ0n) is 12.2. The molecule has 0 aliphatic heterocycles. The average molecular weight is 413 g/mol. The molecule has 4 nitrogen and oxygen atoms in total. The van der Waals surface area contributed by atoms with Crippen LogP contribution in [0.3, 0.4) is 0 Å². The van der Waals surface area contributed by atoms with Gasteiger partial charge in [-0.15, -0.1) is 24.0 Å². The van der Waals surface area contributed by atoms with Gasteiger partial charge in [-0.2, -0.15) is 0 Å². The molecule has 0 aliphatic carbocycles. The molecule has 0 unspecified atom stereocenters. The molecule has 0 heterocycles. The second-order valence-electron chi connectivity index (χ2n) is 4.80. The van der Waals surface area contributed by atoms with Crippen molar-refractivity contribution in [2.24, 2.45) is 16.6 Å². The minimum Gasteiger partial charge on any atom is -0.489 e. The van der Waals surface area contributed by atoms with Gasteiger partial charge in [-0.25, -0.2) is 8.78 Å². The lowest BCUT2D eigenvalue weighted by Crippen LogP contribution is -2.35. The molecule has 0 saturated heterocycles. The van der Waals surface area contributed by atoms with Crippen molar-refractivity contribution < 1.29 is 13.5 Å². The summed E-state index contributed by atoms with van der Waals surface area (Å²) in [5, 5.41) is 2.86. The van der Waals surface area contributed by atoms with E-state index < -0.39 is 11.6 Å². The standard InChI is InChI=1S/C14H21F2N3O.HI/c1-10(2)5-6-18-14(17)19-7-8-20-13-4-3-11(15)9-12(13)16;/h3-4,9-10H,5-8H2,1-2H3,(H3,17,18,19);1H. The highest BCUT2D eigenvalue weighted by molar-refractivity contribution is 14.0. The number of nitrogens with one attached hydrogen (secondary N) is 1. The van der Waals surface area contributed by atoms with E-state index in [1.165, 1.54) is 6.07 Å². The number of hydrogen-bond acceptors (Lipinski definition) is 2. The van der Waals surface area contributed by atoms with Crippen LogP contribution in [0.15, 0.2) is 23.2 Å². The number of ether oxygens (including phenoxy) is 1. The molecule has 120 valence electrons. The quantitative estimate of drug-likeness (QED) is 0.313. The van der Waals surface area contributed by atoms with Crippen LogP contribution in [0.25, 0.3) is 0 Å². The van der Waals surface area contributed by atoms with Crippen molar-refractivity contribution in [2.75, 3.05) is 19.7 Å². The lowest BCUT2D eigenvalue weighted by atomic mass is 10.1. The van der Waals surface area contributed by atoms with Gasteiger partial charge in [0.05, 0.1) is 6.54 Å². The van der Waals surface area contributed by atoms with Crippen molar-refractivity contribution in [3.8, 4) is 5.75 Å². The lowest BCUT2D eigenvalue weighted by molar-refractivity contribution is 0.305. The van der Waals surface area contributed by atoms with Crippen LogP contribution >= 0.6 is 24.0 Å². The summed E-state index contributed by atoms with van der Waals surface area (Å²) in [4.78, 5) is 4.14. The average Bonchev–Trinajstić information content (AvgIpc) is 2.36. The molecular weight excluding hydrogens is 391 g/mol. The maximum Gasteiger partial charge on any atom is 0.188 e. The van der Waals surface area contributed by atoms with Crippen LogP contribution in [0.2, 0.25) is 0 Å². The first-order valence-corrected chi connectivity index (χ1v) is 6.60. The summed E-state index contributed by atoms with van der Waals surface area (Å²) < 4.78 is 31.1. The lowest BCUT2D eigenvalue weighted by Gasteiger charge is -2.09. The van der Waals surface area contributed by atoms with E-state index in [-0.39, 0.29) is 36.3 Å². The maximum absolute atomic E-state index is 13.2. The molecule has 1 rings (SSSR count). The molecule has 0 aliphatic rings. The number of halogens is 3. The van der Waals surface area contributed by atoms with Crippen LogP contribution in [-0.4, -0.2) is 25.7 Å². The molecule has 3 N–H and O–H groups in total. The number of hydrogen-bond donors (Lipinski definition) is 2. The largest absolute Gasteiger partial charge is 0.489 e. The van der Waals surface area contributed by atoms with E-state index in [2.05, 4.69) is 24.2 Å². The van der Waals surface area contributed by atoms with Crippen molar-refractivity contribution in [2.45, 2.75) is 20.3 Å². The Morgan fingerprint density at radius 3 is 2.71 bits per heavy atom. The first-order valence-electron chi connectivity index (χ1n) is 6.60. The molecule has 1 aromatic rings. The second-order valence-corrected chi connectivity index (χ2v) is 4.80. The SMILES string of the molecule is CC(C)CCN=C(N)NCCOc1ccc(F)cc1F.I. The number of rotatable bonds is 7. The first-order chi connectivity index (χ1) is 9.49. The van der Waals surface area contributed by atoms with Crippen molar-refractivity contribution >= 4 is 29.9 Å². The number of benzene rings is 1. The van der Waals surface area contributed by atoms with Crippen LogP contribution < -0.4 is 15.8 Å². The summed E-state index contributed by atoms with van der Waals surface area (Å²) in [7, 11) is 0. The monoisotopic (exact) mass is 413 g/mol. The van der Waals surface area contributed by atoms with Gasteiger partial charge in [0.15, 0.2) is 17.5 Å². The third-order valence-electron chi connectivity index (χ3n) is 2.55. The molecule has 1 aromatic carbocycles. The van der Waals surface area contributed by atoms with Crippen LogP contribution in [0, 0.1) is 17.6 Å². The minimum atomic E-state index is -0.719. The van der Waals surface area contributed by atoms with Gasteiger partial charge in [0.2, 0.25) is 0 Å². The zero-order valence-corrected chi connectivity index (χ0v) is 14.6. The van der Waals surface area contributed by atoms with Crippen molar-refractivity contribution in [3.63, 3.8) is 0 Å². The summed E-state index contributed by atoms with van der Waals surface area (Å²) in [5.74, 6) is -0.410. The second kappa shape index (κ2) is 10.6. The predicted octanol–water partition coefficient (Wildman–Crippen LogP) is 2.91. The van der Waals surface area contributed by atoms with Crippen LogP contribution in [0.5, 0.6) is 5.75 Å². The smallest absolute Gasteiger partial charge is 0.188 e. The van der Waals surface area contributed by atoms with Gasteiger partial charge in [-0.05, 0) is 24.5 Å². The first kappa shape index (κ1) is 19.9. The predicted molar refractivity (Wildman–Crippen MR) is 91.2 cm³/mol. The highest BCUT2D eigenvalue weighted by Crippen LogP contribution is 2.17. The molecule has 0 atom stereocenters. The van der Waals surface area contributed by atoms with E-state index >= 15 is 0 Å². The van der Waals surface area contributed by atoms with Gasteiger partial charge in [0.25, 0.3) is 0 Å². The van der Waals surface area contributed by atoms with E-state index in [0.29, 0.717) is 25.0 Å². The molecule has 21 heavy (non-hydrogen) atoms. The van der Waals surface area contributed by atoms with Gasteiger partial charge >= 0.3 is 0 Å². The Morgan fingerprint density at radius 1 is 1.38 bits per heavy atom. The van der Waals surface area contributed by atoms with Gasteiger partial charge in [-0.1, -0.05) is 13.8 Å². The Kier molecular flexibility index (Phi) is 10.0. The fraction of sp³-hybridized carbons (Fsp3) is 0.500. The zero-order chi connectivity index (χ0) is 15.0. The summed E-state index contributed by atoms with van der Waals surface area (Å²) in [6.45, 7) is 5.51. The van der Waals surface area contributed by atoms with Crippen LogP contribution in [0.4, 0.5) is 8.78 Å². The number of nitrogens with zero attached hydrogens (tertiary/aromatic N) is 1. The molecule has 0 aromatic heterocycles. The fourth-order valence-corrected chi connectivity index (χ4v) is 1.43. The Morgan fingerprint density at radius 2 is 2.10 bits per heavy atom. The Bertz CT molecular complexity index is 456. The molecule has 0 radical (unpaired) electrons. The van der Waals surface area contributed by atoms with Crippen molar-refractivity contribution in [3.05, 3.63) is 29.8 Å². The van der Waals surface area contributed by atoms with E-state index in [9.17, 15) is 8.78 Å². The molecular formula is C14H22F2IN3O. The fourth-order valence-electron chi connectivity index (χ4n) is 1.43. The van der Waals surface area contributed by atoms with Gasteiger partial charge in [0, 0.05) is 12.6 Å². The highest BCUT2D eigenvalue weighted by Gasteiger charge is 2.04. The Hall–Kier alpha value is -1.12. The third kappa shape index (κ3) is 8.69. The summed E-state index contributed by atoms with van der Waals surface area (Å²) >= 11 is 0. The van der Waals surface area contributed by atoms with Crippen LogP contribution in [-0.2, 0) is 0 Å².